The molecule has 0 atom stereocenters. The summed E-state index contributed by atoms with van der Waals surface area (Å²) < 4.78 is 1.59. The summed E-state index contributed by atoms with van der Waals surface area (Å²) >= 11 is 1.51. The van der Waals surface area contributed by atoms with Gasteiger partial charge in [0.25, 0.3) is 5.91 Å². The van der Waals surface area contributed by atoms with Crippen molar-refractivity contribution in [1.29, 1.82) is 5.26 Å². The van der Waals surface area contributed by atoms with Crippen LogP contribution >= 0.6 is 11.3 Å². The molecule has 1 aliphatic heterocycles. The van der Waals surface area contributed by atoms with Gasteiger partial charge in [0.2, 0.25) is 0 Å². The second kappa shape index (κ2) is 7.58. The first kappa shape index (κ1) is 18.4. The number of nitriles is 1. The minimum atomic E-state index is -0.236. The number of hydrogen-bond donors (Lipinski definition) is 1. The average Bonchev–Trinajstić information content (AvgIpc) is 3.26. The third-order valence-electron chi connectivity index (χ3n) is 4.97. The summed E-state index contributed by atoms with van der Waals surface area (Å²) in [5.41, 5.74) is 4.71. The van der Waals surface area contributed by atoms with Gasteiger partial charge in [0.15, 0.2) is 0 Å². The van der Waals surface area contributed by atoms with Crippen LogP contribution in [-0.2, 0) is 26.6 Å². The lowest BCUT2D eigenvalue weighted by Gasteiger charge is -2.26. The zero-order valence-electron chi connectivity index (χ0n) is 15.9. The Balaban J connectivity index is 1.51. The molecule has 0 bridgehead atoms. The van der Waals surface area contributed by atoms with Crippen molar-refractivity contribution >= 4 is 22.2 Å². The van der Waals surface area contributed by atoms with E-state index in [1.807, 2.05) is 0 Å². The highest BCUT2D eigenvalue weighted by Crippen LogP contribution is 2.37. The highest BCUT2D eigenvalue weighted by atomic mass is 32.1. The maximum Gasteiger partial charge on any atom is 0.259 e. The van der Waals surface area contributed by atoms with Crippen molar-refractivity contribution in [2.45, 2.75) is 26.4 Å². The zero-order valence-corrected chi connectivity index (χ0v) is 16.7. The number of nitrogens with one attached hydrogen (secondary N) is 1. The van der Waals surface area contributed by atoms with Crippen molar-refractivity contribution < 1.29 is 4.79 Å². The van der Waals surface area contributed by atoms with Crippen molar-refractivity contribution in [2.75, 3.05) is 11.9 Å². The Labute approximate surface area is 168 Å². The number of carbonyl (C=O) groups is 1. The Morgan fingerprint density at radius 3 is 2.82 bits per heavy atom. The highest BCUT2D eigenvalue weighted by molar-refractivity contribution is 7.16. The van der Waals surface area contributed by atoms with Crippen LogP contribution in [0.15, 0.2) is 36.7 Å². The van der Waals surface area contributed by atoms with Crippen molar-refractivity contribution in [1.82, 2.24) is 14.7 Å². The van der Waals surface area contributed by atoms with Gasteiger partial charge in [-0.2, -0.15) is 10.4 Å². The molecule has 1 aliphatic rings. The van der Waals surface area contributed by atoms with Crippen LogP contribution < -0.4 is 5.32 Å². The summed E-state index contributed by atoms with van der Waals surface area (Å²) in [5, 5.41) is 17.2. The molecule has 1 N–H and O–H groups in total. The van der Waals surface area contributed by atoms with E-state index < -0.39 is 0 Å². The number of rotatable bonds is 4. The third-order valence-corrected chi connectivity index (χ3v) is 6.10. The van der Waals surface area contributed by atoms with Crippen LogP contribution in [0.5, 0.6) is 0 Å². The Hall–Kier alpha value is -2.95. The van der Waals surface area contributed by atoms with Crippen molar-refractivity contribution in [3.05, 3.63) is 69.4 Å². The predicted molar refractivity (Wildman–Crippen MR) is 109 cm³/mol. The molecular weight excluding hydrogens is 370 g/mol. The monoisotopic (exact) mass is 391 g/mol. The Bertz CT molecular complexity index is 1060. The number of anilines is 1. The van der Waals surface area contributed by atoms with Gasteiger partial charge in [-0.25, -0.2) is 0 Å². The van der Waals surface area contributed by atoms with Crippen molar-refractivity contribution in [2.24, 2.45) is 7.05 Å². The molecule has 7 heteroatoms. The summed E-state index contributed by atoms with van der Waals surface area (Å²) in [4.78, 5) is 16.0. The molecular formula is C21H21N5OS. The normalized spacial score (nSPS) is 13.8. The number of benzene rings is 1. The number of carbonyl (C=O) groups excluding carboxylic acids is 1. The standard InChI is InChI=1S/C21H21N5OS/c1-14-3-5-15(6-4-14)11-26-8-7-17-18(9-22)21(28-19(17)13-26)24-20(27)16-10-23-25(2)12-16/h3-6,10,12H,7-8,11,13H2,1-2H3,(H,24,27). The van der Waals surface area contributed by atoms with Gasteiger partial charge < -0.3 is 5.32 Å². The van der Waals surface area contributed by atoms with Gasteiger partial charge in [-0.05, 0) is 24.5 Å². The van der Waals surface area contributed by atoms with Gasteiger partial charge in [0.05, 0.1) is 17.3 Å². The quantitative estimate of drug-likeness (QED) is 0.739. The molecule has 28 heavy (non-hydrogen) atoms. The second-order valence-corrected chi connectivity index (χ2v) is 8.23. The van der Waals surface area contributed by atoms with Gasteiger partial charge in [0.1, 0.15) is 11.1 Å². The van der Waals surface area contributed by atoms with Gasteiger partial charge >= 0.3 is 0 Å². The van der Waals surface area contributed by atoms with E-state index in [9.17, 15) is 10.1 Å². The molecule has 142 valence electrons. The number of nitrogens with zero attached hydrogens (tertiary/aromatic N) is 4. The SMILES string of the molecule is Cc1ccc(CN2CCc3c(sc(NC(=O)c4cnn(C)c4)c3C#N)C2)cc1. The van der Waals surface area contributed by atoms with Crippen molar-refractivity contribution in [3.8, 4) is 6.07 Å². The van der Waals surface area contributed by atoms with E-state index in [2.05, 4.69) is 52.6 Å². The third kappa shape index (κ3) is 3.70. The maximum absolute atomic E-state index is 12.5. The molecule has 1 amide bonds. The van der Waals surface area contributed by atoms with E-state index in [0.29, 0.717) is 16.1 Å². The molecule has 0 fully saturated rings. The van der Waals surface area contributed by atoms with Gasteiger partial charge in [-0.1, -0.05) is 29.8 Å². The van der Waals surface area contributed by atoms with Crippen LogP contribution in [0, 0.1) is 18.3 Å². The Kier molecular flexibility index (Phi) is 4.99. The molecule has 0 unspecified atom stereocenters. The smallest absolute Gasteiger partial charge is 0.259 e. The van der Waals surface area contributed by atoms with E-state index in [-0.39, 0.29) is 5.91 Å². The number of aromatic nitrogens is 2. The number of aryl methyl sites for hydroxylation is 2. The fraction of sp³-hybridized carbons (Fsp3) is 0.286. The first-order valence-electron chi connectivity index (χ1n) is 9.16. The van der Waals surface area contributed by atoms with Crippen LogP contribution in [0.3, 0.4) is 0 Å². The zero-order chi connectivity index (χ0) is 19.7. The summed E-state index contributed by atoms with van der Waals surface area (Å²) in [6.07, 6.45) is 4.01. The molecule has 4 rings (SSSR count). The Morgan fingerprint density at radius 1 is 1.36 bits per heavy atom. The Morgan fingerprint density at radius 2 is 2.14 bits per heavy atom. The van der Waals surface area contributed by atoms with Gasteiger partial charge in [-0.15, -0.1) is 11.3 Å². The first-order chi connectivity index (χ1) is 13.5. The maximum atomic E-state index is 12.5. The summed E-state index contributed by atoms with van der Waals surface area (Å²) in [6.45, 7) is 4.68. The summed E-state index contributed by atoms with van der Waals surface area (Å²) in [6, 6.07) is 10.9. The molecule has 1 aromatic carbocycles. The summed E-state index contributed by atoms with van der Waals surface area (Å²) in [7, 11) is 1.77. The van der Waals surface area contributed by atoms with E-state index in [1.165, 1.54) is 28.7 Å². The fourth-order valence-corrected chi connectivity index (χ4v) is 4.70. The van der Waals surface area contributed by atoms with Crippen LogP contribution in [0.25, 0.3) is 0 Å². The molecule has 0 radical (unpaired) electrons. The number of hydrogen-bond acceptors (Lipinski definition) is 5. The van der Waals surface area contributed by atoms with E-state index in [4.69, 9.17) is 0 Å². The summed E-state index contributed by atoms with van der Waals surface area (Å²) in [5.74, 6) is -0.236. The lowest BCUT2D eigenvalue weighted by molar-refractivity contribution is 0.102. The minimum Gasteiger partial charge on any atom is -0.312 e. The molecule has 0 saturated carbocycles. The molecule has 3 aromatic rings. The lowest BCUT2D eigenvalue weighted by Crippen LogP contribution is -2.29. The van der Waals surface area contributed by atoms with E-state index in [0.717, 1.165) is 36.5 Å². The average molecular weight is 392 g/mol. The number of thiophene rings is 1. The van der Waals surface area contributed by atoms with Gasteiger partial charge in [-0.3, -0.25) is 14.4 Å². The number of fused-ring (bicyclic) bond motifs is 1. The van der Waals surface area contributed by atoms with Gasteiger partial charge in [0, 0.05) is 37.8 Å². The molecule has 0 aliphatic carbocycles. The largest absolute Gasteiger partial charge is 0.312 e. The fourth-order valence-electron chi connectivity index (χ4n) is 3.46. The number of amides is 1. The topological polar surface area (TPSA) is 74.0 Å². The molecule has 6 nitrogen and oxygen atoms in total. The lowest BCUT2D eigenvalue weighted by atomic mass is 10.0. The van der Waals surface area contributed by atoms with Crippen LogP contribution in [-0.4, -0.2) is 27.1 Å². The first-order valence-corrected chi connectivity index (χ1v) is 9.97. The minimum absolute atomic E-state index is 0.236. The molecule has 2 aromatic heterocycles. The van der Waals surface area contributed by atoms with Crippen LogP contribution in [0.2, 0.25) is 0 Å². The van der Waals surface area contributed by atoms with Crippen LogP contribution in [0.4, 0.5) is 5.00 Å². The van der Waals surface area contributed by atoms with Crippen molar-refractivity contribution in [3.63, 3.8) is 0 Å². The second-order valence-electron chi connectivity index (χ2n) is 7.12. The molecule has 3 heterocycles. The van der Waals surface area contributed by atoms with E-state index in [1.54, 1.807) is 17.9 Å². The highest BCUT2D eigenvalue weighted by Gasteiger charge is 2.25. The predicted octanol–water partition coefficient (Wildman–Crippen LogP) is 3.47. The molecule has 0 saturated heterocycles. The molecule has 0 spiro atoms. The van der Waals surface area contributed by atoms with E-state index >= 15 is 0 Å². The van der Waals surface area contributed by atoms with Crippen LogP contribution in [0.1, 0.15) is 37.5 Å².